The number of nitrogens with one attached hydrogen (secondary N) is 2. The summed E-state index contributed by atoms with van der Waals surface area (Å²) in [6.07, 6.45) is 0.615. The van der Waals surface area contributed by atoms with Crippen LogP contribution in [0.5, 0.6) is 5.88 Å². The molecule has 0 saturated carbocycles. The van der Waals surface area contributed by atoms with Crippen LogP contribution in [0.4, 0.5) is 30.4 Å². The lowest BCUT2D eigenvalue weighted by Gasteiger charge is -2.44. The van der Waals surface area contributed by atoms with E-state index in [0.717, 1.165) is 5.57 Å². The molecular weight excluding hydrogens is 563 g/mol. The Balaban J connectivity index is 1.46. The van der Waals surface area contributed by atoms with Gasteiger partial charge in [-0.25, -0.2) is 23.1 Å². The van der Waals surface area contributed by atoms with E-state index in [9.17, 15) is 18.4 Å². The number of hydrogen-bond donors (Lipinski definition) is 2. The summed E-state index contributed by atoms with van der Waals surface area (Å²) in [5.74, 6) is -2.92. The van der Waals surface area contributed by atoms with Crippen molar-refractivity contribution in [3.63, 3.8) is 0 Å². The third-order valence-corrected chi connectivity index (χ3v) is 8.88. The van der Waals surface area contributed by atoms with Gasteiger partial charge in [0.1, 0.15) is 18.0 Å². The van der Waals surface area contributed by atoms with E-state index in [2.05, 4.69) is 39.3 Å². The van der Waals surface area contributed by atoms with Crippen LogP contribution in [0.25, 0.3) is 5.57 Å². The Bertz CT molecular complexity index is 1380. The molecule has 4 heterocycles. The molecule has 10 nitrogen and oxygen atoms in total. The van der Waals surface area contributed by atoms with Gasteiger partial charge in [0.05, 0.1) is 24.4 Å². The van der Waals surface area contributed by atoms with Crippen molar-refractivity contribution in [1.82, 2.24) is 20.2 Å². The number of piperidine rings is 1. The fraction of sp³-hybridized carbons (Fsp3) is 0.533. The quantitative estimate of drug-likeness (QED) is 0.498. The maximum atomic E-state index is 15.9. The molecule has 0 spiro atoms. The number of aromatic nitrogens is 2. The van der Waals surface area contributed by atoms with Crippen LogP contribution < -0.4 is 25.2 Å². The van der Waals surface area contributed by atoms with E-state index in [1.54, 1.807) is 12.1 Å². The maximum Gasteiger partial charge on any atom is 0.242 e. The summed E-state index contributed by atoms with van der Waals surface area (Å²) < 4.78 is 48.8. The van der Waals surface area contributed by atoms with Crippen molar-refractivity contribution < 1.29 is 27.5 Å². The average molecular weight is 602 g/mol. The molecule has 2 aromatic rings. The van der Waals surface area contributed by atoms with E-state index >= 15 is 4.39 Å². The van der Waals surface area contributed by atoms with E-state index in [1.165, 1.54) is 19.5 Å². The number of rotatable bonds is 7. The SMILES string of the molecule is COc1cc(N2CC=C(c3cc(NC(=O)C4CNC(=O)CC4C(F)F)c(N4C[C@@H](C)N(C)[C@@H](C)C4)cc3F)CC2)ncn1. The molecule has 43 heavy (non-hydrogen) atoms. The van der Waals surface area contributed by atoms with Gasteiger partial charge in [0.25, 0.3) is 0 Å². The molecule has 5 rings (SSSR count). The lowest BCUT2D eigenvalue weighted by molar-refractivity contribution is -0.133. The molecule has 3 aliphatic heterocycles. The molecule has 1 aromatic carbocycles. The smallest absolute Gasteiger partial charge is 0.242 e. The number of benzene rings is 1. The number of amides is 2. The Hall–Kier alpha value is -3.87. The van der Waals surface area contributed by atoms with Crippen LogP contribution in [-0.4, -0.2) is 92.1 Å². The average Bonchev–Trinajstić information content (AvgIpc) is 3.00. The second-order valence-corrected chi connectivity index (χ2v) is 11.6. The normalized spacial score (nSPS) is 24.9. The first-order chi connectivity index (χ1) is 20.5. The summed E-state index contributed by atoms with van der Waals surface area (Å²) in [4.78, 5) is 39.9. The van der Waals surface area contributed by atoms with Gasteiger partial charge in [-0.2, -0.15) is 0 Å². The molecule has 2 saturated heterocycles. The van der Waals surface area contributed by atoms with E-state index in [4.69, 9.17) is 4.74 Å². The molecule has 0 radical (unpaired) electrons. The van der Waals surface area contributed by atoms with Crippen LogP contribution >= 0.6 is 0 Å². The largest absolute Gasteiger partial charge is 0.481 e. The zero-order chi connectivity index (χ0) is 30.8. The third-order valence-electron chi connectivity index (χ3n) is 8.88. The first kappa shape index (κ1) is 30.6. The van der Waals surface area contributed by atoms with E-state index in [0.29, 0.717) is 61.2 Å². The van der Waals surface area contributed by atoms with Crippen LogP contribution in [0.1, 0.15) is 32.3 Å². The van der Waals surface area contributed by atoms with Gasteiger partial charge in [-0.05, 0) is 45.0 Å². The molecule has 0 aliphatic carbocycles. The summed E-state index contributed by atoms with van der Waals surface area (Å²) in [5.41, 5.74) is 1.98. The van der Waals surface area contributed by atoms with Gasteiger partial charge in [-0.3, -0.25) is 14.5 Å². The molecule has 13 heteroatoms. The van der Waals surface area contributed by atoms with Gasteiger partial charge in [0.15, 0.2) is 0 Å². The summed E-state index contributed by atoms with van der Waals surface area (Å²) in [5, 5.41) is 5.39. The van der Waals surface area contributed by atoms with Crippen molar-refractivity contribution in [1.29, 1.82) is 0 Å². The topological polar surface area (TPSA) is 103 Å². The van der Waals surface area contributed by atoms with Crippen molar-refractivity contribution in [2.45, 2.75) is 45.2 Å². The molecule has 2 fully saturated rings. The van der Waals surface area contributed by atoms with Crippen LogP contribution in [0.3, 0.4) is 0 Å². The van der Waals surface area contributed by atoms with Gasteiger partial charge in [-0.1, -0.05) is 6.08 Å². The Morgan fingerprint density at radius 3 is 2.53 bits per heavy atom. The number of carbonyl (C=O) groups is 2. The molecule has 232 valence electrons. The van der Waals surface area contributed by atoms with Crippen LogP contribution in [0.15, 0.2) is 30.6 Å². The molecule has 2 unspecified atom stereocenters. The highest BCUT2D eigenvalue weighted by Gasteiger charge is 2.40. The Kier molecular flexibility index (Phi) is 9.09. The molecule has 2 amide bonds. The zero-order valence-corrected chi connectivity index (χ0v) is 24.8. The highest BCUT2D eigenvalue weighted by atomic mass is 19.3. The summed E-state index contributed by atoms with van der Waals surface area (Å²) >= 11 is 0. The van der Waals surface area contributed by atoms with E-state index in [1.807, 2.05) is 22.9 Å². The summed E-state index contributed by atoms with van der Waals surface area (Å²) in [7, 11) is 3.57. The van der Waals surface area contributed by atoms with Crippen LogP contribution in [0, 0.1) is 17.7 Å². The maximum absolute atomic E-state index is 15.9. The van der Waals surface area contributed by atoms with Crippen molar-refractivity contribution in [3.05, 3.63) is 42.0 Å². The number of likely N-dealkylation sites (N-methyl/N-ethyl adjacent to an activating group) is 1. The minimum Gasteiger partial charge on any atom is -0.481 e. The highest BCUT2D eigenvalue weighted by Crippen LogP contribution is 2.37. The Morgan fingerprint density at radius 2 is 1.88 bits per heavy atom. The van der Waals surface area contributed by atoms with Gasteiger partial charge in [0.2, 0.25) is 24.1 Å². The number of methoxy groups -OCH3 is 1. The first-order valence-corrected chi connectivity index (χ1v) is 14.5. The third kappa shape index (κ3) is 6.56. The number of anilines is 3. The fourth-order valence-electron chi connectivity index (χ4n) is 6.09. The number of hydrogen-bond acceptors (Lipinski definition) is 8. The van der Waals surface area contributed by atoms with Crippen molar-refractivity contribution in [2.75, 3.05) is 62.0 Å². The van der Waals surface area contributed by atoms with E-state index in [-0.39, 0.29) is 18.6 Å². The molecule has 3 aliphatic rings. The number of nitrogens with zero attached hydrogens (tertiary/aromatic N) is 5. The Morgan fingerprint density at radius 1 is 1.14 bits per heavy atom. The monoisotopic (exact) mass is 601 g/mol. The van der Waals surface area contributed by atoms with Crippen LogP contribution in [0.2, 0.25) is 0 Å². The van der Waals surface area contributed by atoms with Crippen LogP contribution in [-0.2, 0) is 9.59 Å². The fourth-order valence-corrected chi connectivity index (χ4v) is 6.09. The lowest BCUT2D eigenvalue weighted by atomic mass is 9.85. The standard InChI is InChI=1S/C30H38F3N7O3/c1-17-14-40(15-18(2)38(17)3)25-11-23(31)20(19-5-7-39(8-6-19)26-12-28(43-4)36-16-35-26)9-24(25)37-30(42)22-13-34-27(41)10-21(22)29(32)33/h5,9,11-12,16-18,21-22,29H,6-8,10,13-15H2,1-4H3,(H,34,41)(H,37,42)/t17-,18+,21?,22?. The van der Waals surface area contributed by atoms with Crippen molar-refractivity contribution in [3.8, 4) is 5.88 Å². The first-order valence-electron chi connectivity index (χ1n) is 14.5. The second-order valence-electron chi connectivity index (χ2n) is 11.6. The summed E-state index contributed by atoms with van der Waals surface area (Å²) in [6.45, 7) is 6.22. The predicted octanol–water partition coefficient (Wildman–Crippen LogP) is 3.40. The number of carbonyl (C=O) groups excluding carboxylic acids is 2. The van der Waals surface area contributed by atoms with E-state index < -0.39 is 42.3 Å². The van der Waals surface area contributed by atoms with Gasteiger partial charge in [0, 0.05) is 68.8 Å². The number of piperazine rings is 1. The minimum absolute atomic E-state index is 0.166. The van der Waals surface area contributed by atoms with Gasteiger partial charge < -0.3 is 25.2 Å². The molecular formula is C30H38F3N7O3. The molecule has 4 atom stereocenters. The predicted molar refractivity (Wildman–Crippen MR) is 158 cm³/mol. The summed E-state index contributed by atoms with van der Waals surface area (Å²) in [6, 6.07) is 5.12. The lowest BCUT2D eigenvalue weighted by Crippen LogP contribution is -2.55. The van der Waals surface area contributed by atoms with Gasteiger partial charge in [-0.15, -0.1) is 0 Å². The highest BCUT2D eigenvalue weighted by molar-refractivity contribution is 5.98. The van der Waals surface area contributed by atoms with Crippen molar-refractivity contribution >= 4 is 34.6 Å². The second kappa shape index (κ2) is 12.8. The zero-order valence-electron chi connectivity index (χ0n) is 24.8. The molecule has 1 aromatic heterocycles. The number of ether oxygens (including phenoxy) is 1. The van der Waals surface area contributed by atoms with Gasteiger partial charge >= 0.3 is 0 Å². The molecule has 2 N–H and O–H groups in total. The molecule has 0 bridgehead atoms. The minimum atomic E-state index is -2.82. The van der Waals surface area contributed by atoms with Crippen molar-refractivity contribution in [2.24, 2.45) is 11.8 Å². The Labute approximate surface area is 249 Å². The number of alkyl halides is 2. The number of halogens is 3.